The minimum Gasteiger partial charge on any atom is -0.372 e. The lowest BCUT2D eigenvalue weighted by atomic mass is 10.1. The molecule has 2 aromatic rings. The number of fused-ring (bicyclic) bond motifs is 1. The standard InChI is InChI=1S/C12H14N2O/c1-3-15-9(2)12-11-7-5-4-6-10(11)8-13-14-12/h4-9H,3H2,1-2H3. The van der Waals surface area contributed by atoms with Crippen LogP contribution in [0.4, 0.5) is 0 Å². The fourth-order valence-corrected chi connectivity index (χ4v) is 1.68. The third-order valence-electron chi connectivity index (χ3n) is 2.40. The molecule has 15 heavy (non-hydrogen) atoms. The van der Waals surface area contributed by atoms with Crippen LogP contribution in [0.3, 0.4) is 0 Å². The highest BCUT2D eigenvalue weighted by Crippen LogP contribution is 2.22. The summed E-state index contributed by atoms with van der Waals surface area (Å²) in [5, 5.41) is 10.4. The molecule has 0 aliphatic carbocycles. The van der Waals surface area contributed by atoms with Crippen molar-refractivity contribution in [3.05, 3.63) is 36.2 Å². The number of ether oxygens (including phenoxy) is 1. The summed E-state index contributed by atoms with van der Waals surface area (Å²) in [7, 11) is 0. The summed E-state index contributed by atoms with van der Waals surface area (Å²) in [6.07, 6.45) is 1.77. The molecule has 1 aromatic carbocycles. The van der Waals surface area contributed by atoms with Crippen LogP contribution in [-0.2, 0) is 4.74 Å². The molecule has 0 bridgehead atoms. The smallest absolute Gasteiger partial charge is 0.0994 e. The minimum atomic E-state index is -0.00593. The number of aromatic nitrogens is 2. The van der Waals surface area contributed by atoms with E-state index in [0.29, 0.717) is 6.61 Å². The van der Waals surface area contributed by atoms with Crippen molar-refractivity contribution >= 4 is 10.8 Å². The zero-order chi connectivity index (χ0) is 10.7. The van der Waals surface area contributed by atoms with Gasteiger partial charge in [-0.3, -0.25) is 0 Å². The van der Waals surface area contributed by atoms with Gasteiger partial charge in [-0.2, -0.15) is 10.2 Å². The molecule has 1 unspecified atom stereocenters. The summed E-state index contributed by atoms with van der Waals surface area (Å²) in [6, 6.07) is 8.09. The maximum absolute atomic E-state index is 5.53. The Morgan fingerprint density at radius 1 is 1.33 bits per heavy atom. The molecule has 0 saturated heterocycles. The van der Waals surface area contributed by atoms with E-state index in [1.54, 1.807) is 6.20 Å². The van der Waals surface area contributed by atoms with E-state index in [0.717, 1.165) is 16.5 Å². The van der Waals surface area contributed by atoms with E-state index in [4.69, 9.17) is 4.74 Å². The van der Waals surface area contributed by atoms with E-state index in [1.807, 2.05) is 32.0 Å². The Balaban J connectivity index is 2.50. The molecular weight excluding hydrogens is 188 g/mol. The van der Waals surface area contributed by atoms with Gasteiger partial charge in [-0.1, -0.05) is 24.3 Å². The van der Waals surface area contributed by atoms with Crippen molar-refractivity contribution < 1.29 is 4.74 Å². The van der Waals surface area contributed by atoms with Gasteiger partial charge >= 0.3 is 0 Å². The lowest BCUT2D eigenvalue weighted by Crippen LogP contribution is -2.04. The number of hydrogen-bond acceptors (Lipinski definition) is 3. The van der Waals surface area contributed by atoms with Crippen LogP contribution in [0.2, 0.25) is 0 Å². The fraction of sp³-hybridized carbons (Fsp3) is 0.333. The molecule has 1 aromatic heterocycles. The maximum atomic E-state index is 5.53. The van der Waals surface area contributed by atoms with Crippen molar-refractivity contribution in [2.24, 2.45) is 0 Å². The molecule has 2 rings (SSSR count). The number of rotatable bonds is 3. The first kappa shape index (κ1) is 10.1. The van der Waals surface area contributed by atoms with Crippen LogP contribution in [-0.4, -0.2) is 16.8 Å². The van der Waals surface area contributed by atoms with E-state index >= 15 is 0 Å². The lowest BCUT2D eigenvalue weighted by molar-refractivity contribution is 0.0739. The Labute approximate surface area is 89.1 Å². The molecule has 0 fully saturated rings. The van der Waals surface area contributed by atoms with Gasteiger partial charge in [0.15, 0.2) is 0 Å². The average molecular weight is 202 g/mol. The molecule has 0 amide bonds. The monoisotopic (exact) mass is 202 g/mol. The van der Waals surface area contributed by atoms with Crippen molar-refractivity contribution in [1.82, 2.24) is 10.2 Å². The first-order valence-electron chi connectivity index (χ1n) is 5.15. The van der Waals surface area contributed by atoms with Gasteiger partial charge in [0.05, 0.1) is 18.0 Å². The quantitative estimate of drug-likeness (QED) is 0.767. The second kappa shape index (κ2) is 4.36. The van der Waals surface area contributed by atoms with Gasteiger partial charge in [0, 0.05) is 17.4 Å². The molecule has 0 saturated carbocycles. The third kappa shape index (κ3) is 1.97. The number of benzene rings is 1. The Bertz CT molecular complexity index is 451. The zero-order valence-corrected chi connectivity index (χ0v) is 8.97. The van der Waals surface area contributed by atoms with Crippen LogP contribution in [0.5, 0.6) is 0 Å². The van der Waals surface area contributed by atoms with E-state index in [1.165, 1.54) is 0 Å². The number of hydrogen-bond donors (Lipinski definition) is 0. The van der Waals surface area contributed by atoms with E-state index < -0.39 is 0 Å². The molecule has 1 heterocycles. The van der Waals surface area contributed by atoms with Crippen molar-refractivity contribution in [3.63, 3.8) is 0 Å². The molecule has 78 valence electrons. The van der Waals surface area contributed by atoms with Crippen LogP contribution in [0.1, 0.15) is 25.6 Å². The molecule has 0 aliphatic rings. The van der Waals surface area contributed by atoms with Crippen molar-refractivity contribution in [2.75, 3.05) is 6.61 Å². The zero-order valence-electron chi connectivity index (χ0n) is 8.97. The predicted molar refractivity (Wildman–Crippen MR) is 59.6 cm³/mol. The third-order valence-corrected chi connectivity index (χ3v) is 2.40. The summed E-state index contributed by atoms with van der Waals surface area (Å²) in [4.78, 5) is 0. The first-order valence-corrected chi connectivity index (χ1v) is 5.15. The Kier molecular flexibility index (Phi) is 2.92. The largest absolute Gasteiger partial charge is 0.372 e. The Hall–Kier alpha value is -1.48. The maximum Gasteiger partial charge on any atom is 0.0994 e. The van der Waals surface area contributed by atoms with Crippen molar-refractivity contribution in [2.45, 2.75) is 20.0 Å². The van der Waals surface area contributed by atoms with Crippen molar-refractivity contribution in [3.8, 4) is 0 Å². The van der Waals surface area contributed by atoms with E-state index in [-0.39, 0.29) is 6.10 Å². The summed E-state index contributed by atoms with van der Waals surface area (Å²) in [5.74, 6) is 0. The molecule has 0 N–H and O–H groups in total. The normalized spacial score (nSPS) is 12.9. The summed E-state index contributed by atoms with van der Waals surface area (Å²) in [6.45, 7) is 4.67. The van der Waals surface area contributed by atoms with Crippen molar-refractivity contribution in [1.29, 1.82) is 0 Å². The average Bonchev–Trinajstić information content (AvgIpc) is 2.28. The molecular formula is C12H14N2O. The SMILES string of the molecule is CCOC(C)c1nncc2ccccc12. The van der Waals surface area contributed by atoms with Gasteiger partial charge in [-0.15, -0.1) is 0 Å². The predicted octanol–water partition coefficient (Wildman–Crippen LogP) is 2.73. The van der Waals surface area contributed by atoms with Gasteiger partial charge in [-0.05, 0) is 13.8 Å². The van der Waals surface area contributed by atoms with Gasteiger partial charge in [0.25, 0.3) is 0 Å². The molecule has 0 aliphatic heterocycles. The summed E-state index contributed by atoms with van der Waals surface area (Å²) >= 11 is 0. The van der Waals surface area contributed by atoms with Crippen LogP contribution < -0.4 is 0 Å². The Morgan fingerprint density at radius 2 is 2.13 bits per heavy atom. The van der Waals surface area contributed by atoms with E-state index in [2.05, 4.69) is 16.3 Å². The summed E-state index contributed by atoms with van der Waals surface area (Å²) in [5.41, 5.74) is 0.912. The fourth-order valence-electron chi connectivity index (χ4n) is 1.68. The second-order valence-electron chi connectivity index (χ2n) is 3.41. The highest BCUT2D eigenvalue weighted by Gasteiger charge is 2.10. The molecule has 0 spiro atoms. The van der Waals surface area contributed by atoms with Crippen LogP contribution in [0.15, 0.2) is 30.5 Å². The summed E-state index contributed by atoms with van der Waals surface area (Å²) < 4.78 is 5.53. The van der Waals surface area contributed by atoms with Crippen LogP contribution >= 0.6 is 0 Å². The highest BCUT2D eigenvalue weighted by atomic mass is 16.5. The molecule has 3 nitrogen and oxygen atoms in total. The second-order valence-corrected chi connectivity index (χ2v) is 3.41. The molecule has 0 radical (unpaired) electrons. The van der Waals surface area contributed by atoms with Gasteiger partial charge in [0.1, 0.15) is 0 Å². The minimum absolute atomic E-state index is 0.00593. The highest BCUT2D eigenvalue weighted by molar-refractivity contribution is 5.83. The van der Waals surface area contributed by atoms with Gasteiger partial charge in [-0.25, -0.2) is 0 Å². The number of nitrogens with zero attached hydrogens (tertiary/aromatic N) is 2. The van der Waals surface area contributed by atoms with E-state index in [9.17, 15) is 0 Å². The molecule has 1 atom stereocenters. The first-order chi connectivity index (χ1) is 7.33. The van der Waals surface area contributed by atoms with Gasteiger partial charge in [0.2, 0.25) is 0 Å². The van der Waals surface area contributed by atoms with Crippen LogP contribution in [0.25, 0.3) is 10.8 Å². The Morgan fingerprint density at radius 3 is 2.93 bits per heavy atom. The molecule has 3 heteroatoms. The van der Waals surface area contributed by atoms with Crippen LogP contribution in [0, 0.1) is 0 Å². The topological polar surface area (TPSA) is 35.0 Å². The van der Waals surface area contributed by atoms with Gasteiger partial charge < -0.3 is 4.74 Å². The lowest BCUT2D eigenvalue weighted by Gasteiger charge is -2.12.